The maximum Gasteiger partial charge on any atom is 0.228 e. The Morgan fingerprint density at radius 1 is 0.480 bits per heavy atom. The Balaban J connectivity index is 1.11. The van der Waals surface area contributed by atoms with E-state index in [1.807, 2.05) is 41.7 Å². The van der Waals surface area contributed by atoms with E-state index in [1.54, 1.807) is 0 Å². The maximum atomic E-state index is 6.61. The highest BCUT2D eigenvalue weighted by molar-refractivity contribution is 7.26. The Kier molecular flexibility index (Phi) is 5.80. The molecule has 234 valence electrons. The summed E-state index contributed by atoms with van der Waals surface area (Å²) in [5, 5.41) is 9.35. The predicted molar refractivity (Wildman–Crippen MR) is 209 cm³/mol. The molecule has 0 aliphatic rings. The van der Waals surface area contributed by atoms with Gasteiger partial charge in [0.1, 0.15) is 16.7 Å². The fourth-order valence-electron chi connectivity index (χ4n) is 7.64. The summed E-state index contributed by atoms with van der Waals surface area (Å²) < 4.78 is 15.5. The molecule has 0 unspecified atom stereocenters. The van der Waals surface area contributed by atoms with Crippen LogP contribution in [0.4, 0.5) is 17.1 Å². The number of benzene rings is 8. The van der Waals surface area contributed by atoms with Crippen molar-refractivity contribution in [2.75, 3.05) is 4.90 Å². The Labute approximate surface area is 290 Å². The number of nitrogens with zero attached hydrogens (tertiary/aromatic N) is 2. The van der Waals surface area contributed by atoms with Gasteiger partial charge >= 0.3 is 0 Å². The van der Waals surface area contributed by atoms with Gasteiger partial charge in [-0.3, -0.25) is 0 Å². The predicted octanol–water partition coefficient (Wildman–Crippen LogP) is 13.5. The van der Waals surface area contributed by atoms with Crippen molar-refractivity contribution in [3.63, 3.8) is 0 Å². The van der Waals surface area contributed by atoms with E-state index < -0.39 is 0 Å². The molecule has 0 spiro atoms. The van der Waals surface area contributed by atoms with Crippen molar-refractivity contribution in [2.45, 2.75) is 0 Å². The molecule has 8 aromatic carbocycles. The Morgan fingerprint density at radius 2 is 1.24 bits per heavy atom. The molecular weight excluding hydrogens is 633 g/mol. The molecule has 0 radical (unpaired) electrons. The number of anilines is 3. The third kappa shape index (κ3) is 4.01. The van der Waals surface area contributed by atoms with Gasteiger partial charge in [-0.2, -0.15) is 0 Å². The van der Waals surface area contributed by atoms with E-state index in [4.69, 9.17) is 13.8 Å². The van der Waals surface area contributed by atoms with Gasteiger partial charge in [-0.1, -0.05) is 97.1 Å². The first-order valence-corrected chi connectivity index (χ1v) is 17.5. The van der Waals surface area contributed by atoms with Crippen molar-refractivity contribution < 1.29 is 8.83 Å². The summed E-state index contributed by atoms with van der Waals surface area (Å²) in [5.74, 6) is 0.587. The molecule has 50 heavy (non-hydrogen) atoms. The number of thiophene rings is 1. The zero-order chi connectivity index (χ0) is 32.8. The zero-order valence-corrected chi connectivity index (χ0v) is 27.4. The van der Waals surface area contributed by atoms with Gasteiger partial charge in [0.25, 0.3) is 0 Å². The smallest absolute Gasteiger partial charge is 0.228 e. The molecule has 0 fully saturated rings. The summed E-state index contributed by atoms with van der Waals surface area (Å²) in [4.78, 5) is 7.37. The number of oxazole rings is 1. The van der Waals surface area contributed by atoms with Crippen molar-refractivity contribution in [1.29, 1.82) is 0 Å². The van der Waals surface area contributed by atoms with Gasteiger partial charge in [-0.05, 0) is 70.8 Å². The van der Waals surface area contributed by atoms with E-state index >= 15 is 0 Å². The number of hydrogen-bond acceptors (Lipinski definition) is 5. The average molecular weight is 659 g/mol. The van der Waals surface area contributed by atoms with Crippen LogP contribution < -0.4 is 4.90 Å². The lowest BCUT2D eigenvalue weighted by molar-refractivity contribution is 0.620. The second-order valence-electron chi connectivity index (χ2n) is 12.7. The van der Waals surface area contributed by atoms with Crippen LogP contribution in [0, 0.1) is 0 Å². The molecule has 0 amide bonds. The quantitative estimate of drug-likeness (QED) is 0.189. The lowest BCUT2D eigenvalue weighted by Gasteiger charge is -2.26. The van der Waals surface area contributed by atoms with Crippen molar-refractivity contribution in [3.8, 4) is 11.5 Å². The molecule has 5 heteroatoms. The van der Waals surface area contributed by atoms with Gasteiger partial charge in [0.2, 0.25) is 5.89 Å². The van der Waals surface area contributed by atoms with Gasteiger partial charge in [0.05, 0.1) is 10.4 Å². The van der Waals surface area contributed by atoms with Gasteiger partial charge in [-0.15, -0.1) is 11.3 Å². The highest BCUT2D eigenvalue weighted by Gasteiger charge is 2.22. The van der Waals surface area contributed by atoms with Gasteiger partial charge in [0.15, 0.2) is 5.58 Å². The SMILES string of the molecule is c1ccc(N(c2ccc3c(c2)oc2cccc(-c4nc5c(ccc6ccccc65)o4)c23)c2cccc3c2sc2ccc4ccccc4c23)cc1. The largest absolute Gasteiger partial charge is 0.456 e. The summed E-state index contributed by atoms with van der Waals surface area (Å²) in [6.45, 7) is 0. The summed E-state index contributed by atoms with van der Waals surface area (Å²) in [6.07, 6.45) is 0. The normalized spacial score (nSPS) is 12.0. The molecule has 0 N–H and O–H groups in total. The number of furan rings is 1. The molecule has 0 bridgehead atoms. The second-order valence-corrected chi connectivity index (χ2v) is 13.8. The van der Waals surface area contributed by atoms with E-state index in [0.717, 1.165) is 66.4 Å². The molecule has 11 aromatic rings. The van der Waals surface area contributed by atoms with Crippen molar-refractivity contribution >= 4 is 103 Å². The first kappa shape index (κ1) is 27.5. The van der Waals surface area contributed by atoms with Crippen LogP contribution in [0.2, 0.25) is 0 Å². The molecule has 0 aliphatic heterocycles. The summed E-state index contributed by atoms with van der Waals surface area (Å²) >= 11 is 1.85. The van der Waals surface area contributed by atoms with Crippen LogP contribution in [0.1, 0.15) is 0 Å². The van der Waals surface area contributed by atoms with Crippen molar-refractivity contribution in [2.24, 2.45) is 0 Å². The van der Waals surface area contributed by atoms with Crippen LogP contribution in [0.15, 0.2) is 167 Å². The number of fused-ring (bicyclic) bond motifs is 11. The minimum atomic E-state index is 0.587. The van der Waals surface area contributed by atoms with Crippen LogP contribution in [0.3, 0.4) is 0 Å². The number of para-hydroxylation sites is 1. The van der Waals surface area contributed by atoms with Gasteiger partial charge < -0.3 is 13.7 Å². The zero-order valence-electron chi connectivity index (χ0n) is 26.6. The third-order valence-electron chi connectivity index (χ3n) is 9.87. The molecular formula is C45H26N2O2S. The van der Waals surface area contributed by atoms with E-state index in [-0.39, 0.29) is 0 Å². The number of hydrogen-bond donors (Lipinski definition) is 0. The molecule has 0 saturated heterocycles. The molecule has 0 aliphatic carbocycles. The summed E-state index contributed by atoms with van der Waals surface area (Å²) in [7, 11) is 0. The molecule has 3 heterocycles. The van der Waals surface area contributed by atoms with Gasteiger partial charge in [0, 0.05) is 54.6 Å². The van der Waals surface area contributed by atoms with E-state index in [9.17, 15) is 0 Å². The van der Waals surface area contributed by atoms with Crippen molar-refractivity contribution in [3.05, 3.63) is 158 Å². The van der Waals surface area contributed by atoms with Gasteiger partial charge in [-0.25, -0.2) is 4.98 Å². The summed E-state index contributed by atoms with van der Waals surface area (Å²) in [5.41, 5.74) is 7.39. The van der Waals surface area contributed by atoms with Crippen LogP contribution in [0.5, 0.6) is 0 Å². The van der Waals surface area contributed by atoms with Crippen molar-refractivity contribution in [1.82, 2.24) is 4.98 Å². The molecule has 3 aromatic heterocycles. The number of aromatic nitrogens is 1. The Hall–Kier alpha value is -6.43. The molecule has 0 atom stereocenters. The fourth-order valence-corrected chi connectivity index (χ4v) is 8.86. The standard InChI is InChI=1S/C45H26N2O2S/c1-2-12-29(13-3-1)47(36-18-8-16-34-42-31-14-6-4-10-27(31)21-25-40(42)50-44(34)36)30-22-23-33-39(26-30)48-37-19-9-17-35(41(33)37)45-46-43-32-15-7-5-11-28(32)20-24-38(43)49-45/h1-26H. The van der Waals surface area contributed by atoms with Crippen LogP contribution in [0.25, 0.3) is 86.2 Å². The first-order valence-electron chi connectivity index (χ1n) is 16.7. The third-order valence-corrected chi connectivity index (χ3v) is 11.1. The van der Waals surface area contributed by atoms with Crippen LogP contribution in [-0.2, 0) is 0 Å². The first-order chi connectivity index (χ1) is 24.8. The topological polar surface area (TPSA) is 42.4 Å². The van der Waals surface area contributed by atoms with E-state index in [1.165, 1.54) is 30.9 Å². The second kappa shape index (κ2) is 10.5. The van der Waals surface area contributed by atoms with E-state index in [2.05, 4.69) is 132 Å². The molecule has 0 saturated carbocycles. The van der Waals surface area contributed by atoms with Crippen LogP contribution in [-0.4, -0.2) is 4.98 Å². The molecule has 11 rings (SSSR count). The highest BCUT2D eigenvalue weighted by atomic mass is 32.1. The number of rotatable bonds is 4. The summed E-state index contributed by atoms with van der Waals surface area (Å²) in [6, 6.07) is 55.4. The average Bonchev–Trinajstić information content (AvgIpc) is 3.89. The lowest BCUT2D eigenvalue weighted by Crippen LogP contribution is -2.09. The monoisotopic (exact) mass is 658 g/mol. The molecule has 4 nitrogen and oxygen atoms in total. The Bertz CT molecular complexity index is 3120. The van der Waals surface area contributed by atoms with E-state index in [0.29, 0.717) is 5.89 Å². The fraction of sp³-hybridized carbons (Fsp3) is 0. The Morgan fingerprint density at radius 3 is 2.14 bits per heavy atom. The maximum absolute atomic E-state index is 6.61. The minimum Gasteiger partial charge on any atom is -0.456 e. The highest BCUT2D eigenvalue weighted by Crippen LogP contribution is 2.47. The van der Waals surface area contributed by atoms with Crippen LogP contribution >= 0.6 is 11.3 Å². The minimum absolute atomic E-state index is 0.587. The lowest BCUT2D eigenvalue weighted by atomic mass is 10.0.